The Labute approximate surface area is 122 Å². The molecule has 1 aromatic heterocycles. The molecule has 5 nitrogen and oxygen atoms in total. The van der Waals surface area contributed by atoms with Crippen LogP contribution in [0, 0.1) is 0 Å². The smallest absolute Gasteiger partial charge is 0.243 e. The molecule has 0 fully saturated rings. The average molecular weight is 293 g/mol. The lowest BCUT2D eigenvalue weighted by molar-refractivity contribution is -0.117. The third-order valence-corrected chi connectivity index (χ3v) is 3.77. The Kier molecular flexibility index (Phi) is 4.92. The number of nitrogens with one attached hydrogen (secondary N) is 1. The lowest BCUT2D eigenvalue weighted by Crippen LogP contribution is -2.35. The maximum absolute atomic E-state index is 11.9. The monoisotopic (exact) mass is 293 g/mol. The highest BCUT2D eigenvalue weighted by Gasteiger charge is 2.14. The summed E-state index contributed by atoms with van der Waals surface area (Å²) in [4.78, 5) is 16.2. The van der Waals surface area contributed by atoms with E-state index in [0.717, 1.165) is 22.4 Å². The van der Waals surface area contributed by atoms with Crippen LogP contribution in [0.25, 0.3) is 10.2 Å². The van der Waals surface area contributed by atoms with Crippen molar-refractivity contribution in [3.8, 4) is 5.75 Å². The highest BCUT2D eigenvalue weighted by Crippen LogP contribution is 2.29. The summed E-state index contributed by atoms with van der Waals surface area (Å²) in [7, 11) is 0. The molecule has 1 atom stereocenters. The van der Waals surface area contributed by atoms with Crippen LogP contribution in [-0.2, 0) is 4.79 Å². The van der Waals surface area contributed by atoms with Crippen molar-refractivity contribution < 1.29 is 9.53 Å². The molecule has 0 radical (unpaired) electrons. The third kappa shape index (κ3) is 3.46. The molecule has 6 heteroatoms. The molecule has 0 saturated carbocycles. The fraction of sp³-hybridized carbons (Fsp3) is 0.429. The minimum atomic E-state index is -0.481. The fourth-order valence-corrected chi connectivity index (χ4v) is 2.75. The second kappa shape index (κ2) is 6.67. The van der Waals surface area contributed by atoms with Crippen molar-refractivity contribution >= 4 is 32.6 Å². The fourth-order valence-electron chi connectivity index (χ4n) is 1.86. The van der Waals surface area contributed by atoms with Crippen LogP contribution in [0.2, 0.25) is 0 Å². The van der Waals surface area contributed by atoms with Crippen LogP contribution in [0.15, 0.2) is 18.2 Å². The number of fused-ring (bicyclic) bond motifs is 1. The number of thiazole rings is 1. The van der Waals surface area contributed by atoms with Crippen LogP contribution in [0.5, 0.6) is 5.75 Å². The van der Waals surface area contributed by atoms with Crippen LogP contribution in [0.1, 0.15) is 26.7 Å². The second-order valence-corrected chi connectivity index (χ2v) is 5.50. The Hall–Kier alpha value is -1.66. The number of anilines is 1. The number of carbonyl (C=O) groups is 1. The Morgan fingerprint density at radius 1 is 1.50 bits per heavy atom. The molecule has 0 aliphatic carbocycles. The summed E-state index contributed by atoms with van der Waals surface area (Å²) in [6.07, 6.45) is 1.55. The van der Waals surface area contributed by atoms with Crippen LogP contribution >= 0.6 is 11.3 Å². The Morgan fingerprint density at radius 3 is 3.00 bits per heavy atom. The number of rotatable bonds is 6. The zero-order valence-electron chi connectivity index (χ0n) is 11.7. The van der Waals surface area contributed by atoms with Gasteiger partial charge in [0.1, 0.15) is 5.75 Å². The standard InChI is InChI=1S/C14H19N3O2S/c1-3-5-10(15)13(18)17-14-16-11-7-6-9(19-4-2)8-12(11)20-14/h6-8,10H,3-5,15H2,1-2H3,(H,16,17,18)/t10-/m0/s1. The predicted octanol–water partition coefficient (Wildman–Crippen LogP) is 2.76. The summed E-state index contributed by atoms with van der Waals surface area (Å²) in [5.41, 5.74) is 6.62. The number of nitrogens with two attached hydrogens (primary N) is 1. The van der Waals surface area contributed by atoms with Gasteiger partial charge in [-0.1, -0.05) is 24.7 Å². The first-order valence-electron chi connectivity index (χ1n) is 6.73. The van der Waals surface area contributed by atoms with E-state index in [0.29, 0.717) is 18.2 Å². The minimum absolute atomic E-state index is 0.184. The van der Waals surface area contributed by atoms with Gasteiger partial charge in [0.05, 0.1) is 22.9 Å². The third-order valence-electron chi connectivity index (χ3n) is 2.84. The van der Waals surface area contributed by atoms with Gasteiger partial charge < -0.3 is 15.8 Å². The van der Waals surface area contributed by atoms with E-state index in [1.807, 2.05) is 32.0 Å². The normalized spacial score (nSPS) is 12.3. The van der Waals surface area contributed by atoms with E-state index in [2.05, 4.69) is 10.3 Å². The van der Waals surface area contributed by atoms with Crippen LogP contribution in [0.4, 0.5) is 5.13 Å². The number of carbonyl (C=O) groups excluding carboxylic acids is 1. The van der Waals surface area contributed by atoms with Gasteiger partial charge in [-0.15, -0.1) is 0 Å². The van der Waals surface area contributed by atoms with Crippen LogP contribution in [-0.4, -0.2) is 23.5 Å². The predicted molar refractivity (Wildman–Crippen MR) is 82.3 cm³/mol. The molecule has 2 aromatic rings. The second-order valence-electron chi connectivity index (χ2n) is 4.47. The molecule has 0 aliphatic heterocycles. The molecule has 0 aliphatic rings. The van der Waals surface area contributed by atoms with E-state index < -0.39 is 6.04 Å². The highest BCUT2D eigenvalue weighted by molar-refractivity contribution is 7.22. The largest absolute Gasteiger partial charge is 0.494 e. The number of aromatic nitrogens is 1. The number of hydrogen-bond acceptors (Lipinski definition) is 5. The maximum Gasteiger partial charge on any atom is 0.243 e. The van der Waals surface area contributed by atoms with Crippen LogP contribution < -0.4 is 15.8 Å². The van der Waals surface area contributed by atoms with Crippen molar-refractivity contribution in [1.29, 1.82) is 0 Å². The maximum atomic E-state index is 11.9. The zero-order chi connectivity index (χ0) is 14.5. The van der Waals surface area contributed by atoms with Crippen molar-refractivity contribution in [2.45, 2.75) is 32.7 Å². The first-order chi connectivity index (χ1) is 9.63. The molecular formula is C14H19N3O2S. The van der Waals surface area contributed by atoms with Crippen molar-refractivity contribution in [3.63, 3.8) is 0 Å². The number of benzene rings is 1. The molecular weight excluding hydrogens is 274 g/mol. The summed E-state index contributed by atoms with van der Waals surface area (Å²) in [5, 5.41) is 3.34. The van der Waals surface area contributed by atoms with Crippen molar-refractivity contribution in [1.82, 2.24) is 4.98 Å². The molecule has 3 N–H and O–H groups in total. The molecule has 1 aromatic carbocycles. The van der Waals surface area contributed by atoms with Gasteiger partial charge in [-0.3, -0.25) is 4.79 Å². The van der Waals surface area contributed by atoms with Crippen molar-refractivity contribution in [3.05, 3.63) is 18.2 Å². The molecule has 1 amide bonds. The van der Waals surface area contributed by atoms with E-state index in [9.17, 15) is 4.79 Å². The quantitative estimate of drug-likeness (QED) is 0.858. The lowest BCUT2D eigenvalue weighted by atomic mass is 10.2. The van der Waals surface area contributed by atoms with Crippen molar-refractivity contribution in [2.24, 2.45) is 5.73 Å². The molecule has 0 unspecified atom stereocenters. The first kappa shape index (κ1) is 14.7. The van der Waals surface area contributed by atoms with Gasteiger partial charge in [0.25, 0.3) is 0 Å². The summed E-state index contributed by atoms with van der Waals surface area (Å²) >= 11 is 1.42. The van der Waals surface area contributed by atoms with Gasteiger partial charge >= 0.3 is 0 Å². The molecule has 0 bridgehead atoms. The van der Waals surface area contributed by atoms with Crippen LogP contribution in [0.3, 0.4) is 0 Å². The molecule has 0 spiro atoms. The molecule has 1 heterocycles. The topological polar surface area (TPSA) is 77.2 Å². The zero-order valence-corrected chi connectivity index (χ0v) is 12.5. The van der Waals surface area contributed by atoms with Gasteiger partial charge in [-0.05, 0) is 31.5 Å². The van der Waals surface area contributed by atoms with E-state index >= 15 is 0 Å². The summed E-state index contributed by atoms with van der Waals surface area (Å²) < 4.78 is 6.43. The van der Waals surface area contributed by atoms with Gasteiger partial charge in [0.15, 0.2) is 5.13 Å². The molecule has 2 rings (SSSR count). The average Bonchev–Trinajstić information content (AvgIpc) is 2.80. The molecule has 108 valence electrons. The van der Waals surface area contributed by atoms with Gasteiger partial charge in [0, 0.05) is 0 Å². The number of ether oxygens (including phenoxy) is 1. The highest BCUT2D eigenvalue weighted by atomic mass is 32.1. The lowest BCUT2D eigenvalue weighted by Gasteiger charge is -2.08. The molecule has 0 saturated heterocycles. The van der Waals surface area contributed by atoms with E-state index in [1.165, 1.54) is 11.3 Å². The van der Waals surface area contributed by atoms with E-state index in [1.54, 1.807) is 0 Å². The molecule has 20 heavy (non-hydrogen) atoms. The number of hydrogen-bond donors (Lipinski definition) is 2. The van der Waals surface area contributed by atoms with E-state index in [4.69, 9.17) is 10.5 Å². The van der Waals surface area contributed by atoms with Gasteiger partial charge in [0.2, 0.25) is 5.91 Å². The number of amides is 1. The van der Waals surface area contributed by atoms with E-state index in [-0.39, 0.29) is 5.91 Å². The summed E-state index contributed by atoms with van der Waals surface area (Å²) in [5.74, 6) is 0.625. The van der Waals surface area contributed by atoms with Gasteiger partial charge in [-0.2, -0.15) is 0 Å². The Bertz CT molecular complexity index is 597. The summed E-state index contributed by atoms with van der Waals surface area (Å²) in [6, 6.07) is 5.21. The van der Waals surface area contributed by atoms with Gasteiger partial charge in [-0.25, -0.2) is 4.98 Å². The van der Waals surface area contributed by atoms with Crippen molar-refractivity contribution in [2.75, 3.05) is 11.9 Å². The Morgan fingerprint density at radius 2 is 2.30 bits per heavy atom. The minimum Gasteiger partial charge on any atom is -0.494 e. The SMILES string of the molecule is CCC[C@H](N)C(=O)Nc1nc2ccc(OCC)cc2s1. The Balaban J connectivity index is 2.13. The summed E-state index contributed by atoms with van der Waals surface area (Å²) in [6.45, 7) is 4.57. The number of nitrogens with zero attached hydrogens (tertiary/aromatic N) is 1. The first-order valence-corrected chi connectivity index (χ1v) is 7.55.